The van der Waals surface area contributed by atoms with Crippen LogP contribution in [0.25, 0.3) is 10.2 Å². The zero-order valence-corrected chi connectivity index (χ0v) is 13.9. The summed E-state index contributed by atoms with van der Waals surface area (Å²) in [5, 5.41) is 4.87. The summed E-state index contributed by atoms with van der Waals surface area (Å²) in [6.07, 6.45) is 5.05. The molecule has 114 valence electrons. The van der Waals surface area contributed by atoms with Gasteiger partial charge in [-0.1, -0.05) is 13.3 Å². The third-order valence-electron chi connectivity index (χ3n) is 3.93. The number of likely N-dealkylation sites (tertiary alicyclic amines) is 1. The minimum Gasteiger partial charge on any atom is -0.368 e. The molecule has 1 fully saturated rings. The highest BCUT2D eigenvalue weighted by Crippen LogP contribution is 2.30. The van der Waals surface area contributed by atoms with E-state index in [0.29, 0.717) is 5.28 Å². The van der Waals surface area contributed by atoms with Crippen molar-refractivity contribution < 1.29 is 0 Å². The lowest BCUT2D eigenvalue weighted by molar-refractivity contribution is 0.237. The molecule has 2 aromatic heterocycles. The maximum absolute atomic E-state index is 6.04. The van der Waals surface area contributed by atoms with Gasteiger partial charge in [-0.25, -0.2) is 9.97 Å². The molecular formula is C15H21ClN4S. The first-order chi connectivity index (χ1) is 10.3. The molecule has 0 bridgehead atoms. The Hall–Kier alpha value is -0.910. The molecule has 4 nitrogen and oxygen atoms in total. The van der Waals surface area contributed by atoms with Gasteiger partial charge in [-0.15, -0.1) is 11.3 Å². The predicted molar refractivity (Wildman–Crippen MR) is 90.6 cm³/mol. The summed E-state index contributed by atoms with van der Waals surface area (Å²) in [4.78, 5) is 13.5. The minimum atomic E-state index is 0.326. The van der Waals surface area contributed by atoms with Crippen LogP contribution in [0.4, 0.5) is 5.82 Å². The van der Waals surface area contributed by atoms with E-state index in [2.05, 4.69) is 33.2 Å². The first-order valence-corrected chi connectivity index (χ1v) is 8.88. The van der Waals surface area contributed by atoms with E-state index < -0.39 is 0 Å². The molecule has 3 heterocycles. The second-order valence-electron chi connectivity index (χ2n) is 5.46. The maximum Gasteiger partial charge on any atom is 0.225 e. The molecular weight excluding hydrogens is 304 g/mol. The number of nitrogens with one attached hydrogen (secondary N) is 1. The molecule has 3 rings (SSSR count). The highest BCUT2D eigenvalue weighted by atomic mass is 35.5. The Morgan fingerprint density at radius 1 is 1.29 bits per heavy atom. The smallest absolute Gasteiger partial charge is 0.225 e. The Kier molecular flexibility index (Phi) is 4.93. The van der Waals surface area contributed by atoms with E-state index in [1.807, 2.05) is 0 Å². The second kappa shape index (κ2) is 6.90. The summed E-state index contributed by atoms with van der Waals surface area (Å²) in [6.45, 7) is 6.57. The predicted octanol–water partition coefficient (Wildman–Crippen LogP) is 3.80. The molecule has 1 saturated heterocycles. The van der Waals surface area contributed by atoms with Crippen LogP contribution in [0.2, 0.25) is 5.28 Å². The molecule has 0 unspecified atom stereocenters. The quantitative estimate of drug-likeness (QED) is 0.849. The van der Waals surface area contributed by atoms with Crippen LogP contribution in [0, 0.1) is 0 Å². The van der Waals surface area contributed by atoms with Crippen LogP contribution >= 0.6 is 22.9 Å². The van der Waals surface area contributed by atoms with Gasteiger partial charge in [0.1, 0.15) is 10.6 Å². The summed E-state index contributed by atoms with van der Waals surface area (Å²) in [5.74, 6) is 0.873. The molecule has 1 N–H and O–H groups in total. The van der Waals surface area contributed by atoms with Crippen LogP contribution in [-0.4, -0.2) is 41.0 Å². The molecule has 0 aromatic carbocycles. The van der Waals surface area contributed by atoms with Crippen molar-refractivity contribution in [2.75, 3.05) is 31.5 Å². The summed E-state index contributed by atoms with van der Waals surface area (Å²) < 4.78 is 0. The highest BCUT2D eigenvalue weighted by Gasteiger charge is 2.12. The van der Waals surface area contributed by atoms with E-state index in [9.17, 15) is 0 Å². The number of fused-ring (bicyclic) bond motifs is 1. The monoisotopic (exact) mass is 324 g/mol. The van der Waals surface area contributed by atoms with Crippen molar-refractivity contribution in [3.8, 4) is 0 Å². The van der Waals surface area contributed by atoms with Gasteiger partial charge < -0.3 is 10.2 Å². The van der Waals surface area contributed by atoms with Crippen molar-refractivity contribution in [2.24, 2.45) is 0 Å². The van der Waals surface area contributed by atoms with E-state index in [1.54, 1.807) is 11.3 Å². The summed E-state index contributed by atoms with van der Waals surface area (Å²) in [6, 6.07) is 2.18. The Morgan fingerprint density at radius 2 is 2.10 bits per heavy atom. The number of aromatic nitrogens is 2. The van der Waals surface area contributed by atoms with Crippen LogP contribution in [-0.2, 0) is 6.42 Å². The van der Waals surface area contributed by atoms with E-state index in [4.69, 9.17) is 11.6 Å². The van der Waals surface area contributed by atoms with Gasteiger partial charge in [-0.3, -0.25) is 0 Å². The average molecular weight is 325 g/mol. The SMILES string of the molecule is CCc1cc2c(NCCN3CCCCC3)nc(Cl)nc2s1. The molecule has 0 spiro atoms. The number of thiophene rings is 1. The number of halogens is 1. The van der Waals surface area contributed by atoms with Gasteiger partial charge >= 0.3 is 0 Å². The number of piperidine rings is 1. The van der Waals surface area contributed by atoms with Crippen LogP contribution in [0.15, 0.2) is 6.07 Å². The molecule has 0 atom stereocenters. The largest absolute Gasteiger partial charge is 0.368 e. The van der Waals surface area contributed by atoms with Gasteiger partial charge in [-0.2, -0.15) is 0 Å². The van der Waals surface area contributed by atoms with Gasteiger partial charge in [0, 0.05) is 18.0 Å². The Bertz CT molecular complexity index is 607. The molecule has 0 aliphatic carbocycles. The average Bonchev–Trinajstić information content (AvgIpc) is 2.91. The Labute approximate surface area is 134 Å². The molecule has 21 heavy (non-hydrogen) atoms. The lowest BCUT2D eigenvalue weighted by Crippen LogP contribution is -2.33. The molecule has 0 saturated carbocycles. The van der Waals surface area contributed by atoms with Gasteiger partial charge in [-0.05, 0) is 50.0 Å². The van der Waals surface area contributed by atoms with Crippen molar-refractivity contribution in [1.29, 1.82) is 0 Å². The van der Waals surface area contributed by atoms with Crippen molar-refractivity contribution >= 4 is 39.0 Å². The fraction of sp³-hybridized carbons (Fsp3) is 0.600. The van der Waals surface area contributed by atoms with Crippen molar-refractivity contribution in [3.63, 3.8) is 0 Å². The molecule has 2 aromatic rings. The van der Waals surface area contributed by atoms with E-state index >= 15 is 0 Å². The van der Waals surface area contributed by atoms with Gasteiger partial charge in [0.05, 0.1) is 5.39 Å². The zero-order chi connectivity index (χ0) is 14.7. The van der Waals surface area contributed by atoms with Gasteiger partial charge in [0.2, 0.25) is 5.28 Å². The molecule has 0 amide bonds. The Morgan fingerprint density at radius 3 is 2.86 bits per heavy atom. The standard InChI is InChI=1S/C15H21ClN4S/c1-2-11-10-12-13(18-15(16)19-14(12)21-11)17-6-9-20-7-4-3-5-8-20/h10H,2-9H2,1H3,(H,17,18,19). The van der Waals surface area contributed by atoms with Crippen LogP contribution < -0.4 is 5.32 Å². The van der Waals surface area contributed by atoms with Gasteiger partial charge in [0.25, 0.3) is 0 Å². The number of aryl methyl sites for hydroxylation is 1. The maximum atomic E-state index is 6.04. The summed E-state index contributed by atoms with van der Waals surface area (Å²) in [5.41, 5.74) is 0. The van der Waals surface area contributed by atoms with E-state index in [0.717, 1.165) is 35.5 Å². The van der Waals surface area contributed by atoms with Crippen molar-refractivity contribution in [3.05, 3.63) is 16.2 Å². The Balaban J connectivity index is 1.69. The normalized spacial score (nSPS) is 16.5. The third kappa shape index (κ3) is 3.65. The van der Waals surface area contributed by atoms with Crippen LogP contribution in [0.5, 0.6) is 0 Å². The second-order valence-corrected chi connectivity index (χ2v) is 6.91. The van der Waals surface area contributed by atoms with Crippen LogP contribution in [0.3, 0.4) is 0 Å². The molecule has 0 radical (unpaired) electrons. The molecule has 1 aliphatic heterocycles. The molecule has 6 heteroatoms. The number of rotatable bonds is 5. The topological polar surface area (TPSA) is 41.0 Å². The van der Waals surface area contributed by atoms with Crippen LogP contribution in [0.1, 0.15) is 31.1 Å². The zero-order valence-electron chi connectivity index (χ0n) is 12.4. The highest BCUT2D eigenvalue weighted by molar-refractivity contribution is 7.18. The summed E-state index contributed by atoms with van der Waals surface area (Å²) in [7, 11) is 0. The lowest BCUT2D eigenvalue weighted by Gasteiger charge is -2.26. The minimum absolute atomic E-state index is 0.326. The molecule has 1 aliphatic rings. The fourth-order valence-electron chi connectivity index (χ4n) is 2.77. The summed E-state index contributed by atoms with van der Waals surface area (Å²) >= 11 is 7.74. The number of anilines is 1. The third-order valence-corrected chi connectivity index (χ3v) is 5.28. The lowest BCUT2D eigenvalue weighted by atomic mass is 10.1. The van der Waals surface area contributed by atoms with Gasteiger partial charge in [0.15, 0.2) is 0 Å². The first-order valence-electron chi connectivity index (χ1n) is 7.68. The number of hydrogen-bond donors (Lipinski definition) is 1. The number of nitrogens with zero attached hydrogens (tertiary/aromatic N) is 3. The van der Waals surface area contributed by atoms with Crippen molar-refractivity contribution in [2.45, 2.75) is 32.6 Å². The van der Waals surface area contributed by atoms with E-state index in [1.165, 1.54) is 37.2 Å². The van der Waals surface area contributed by atoms with E-state index in [-0.39, 0.29) is 0 Å². The number of hydrogen-bond acceptors (Lipinski definition) is 5. The fourth-order valence-corrected chi connectivity index (χ4v) is 3.96. The van der Waals surface area contributed by atoms with Crippen molar-refractivity contribution in [1.82, 2.24) is 14.9 Å². The first kappa shape index (κ1) is 15.0.